The summed E-state index contributed by atoms with van der Waals surface area (Å²) >= 11 is 0. The van der Waals surface area contributed by atoms with Crippen molar-refractivity contribution >= 4 is 11.8 Å². The molecule has 0 bridgehead atoms. The molecule has 1 aromatic rings. The van der Waals surface area contributed by atoms with Crippen molar-refractivity contribution in [3.05, 3.63) is 18.1 Å². The van der Waals surface area contributed by atoms with Gasteiger partial charge in [0.05, 0.1) is 12.4 Å². The van der Waals surface area contributed by atoms with E-state index in [1.807, 2.05) is 0 Å². The van der Waals surface area contributed by atoms with Crippen molar-refractivity contribution in [2.75, 3.05) is 18.0 Å². The van der Waals surface area contributed by atoms with Crippen LogP contribution in [0.25, 0.3) is 0 Å². The molecule has 1 saturated carbocycles. The van der Waals surface area contributed by atoms with E-state index < -0.39 is 5.97 Å². The third kappa shape index (κ3) is 1.75. The summed E-state index contributed by atoms with van der Waals surface area (Å²) in [5.41, 5.74) is 0.527. The van der Waals surface area contributed by atoms with Crippen molar-refractivity contribution in [2.24, 2.45) is 5.41 Å². The molecule has 0 atom stereocenters. The van der Waals surface area contributed by atoms with E-state index in [1.165, 1.54) is 31.9 Å². The first-order valence-corrected chi connectivity index (χ1v) is 5.99. The van der Waals surface area contributed by atoms with Gasteiger partial charge in [-0.3, -0.25) is 0 Å². The number of carboxylic acid groups (broad SMARTS) is 1. The van der Waals surface area contributed by atoms with Gasteiger partial charge in [-0.2, -0.15) is 0 Å². The second-order valence-corrected chi connectivity index (χ2v) is 5.09. The quantitative estimate of drug-likeness (QED) is 0.839. The third-order valence-electron chi connectivity index (χ3n) is 4.03. The Balaban J connectivity index is 1.74. The van der Waals surface area contributed by atoms with Crippen LogP contribution in [0, 0.1) is 5.41 Å². The van der Waals surface area contributed by atoms with E-state index >= 15 is 0 Å². The first-order chi connectivity index (χ1) is 8.19. The van der Waals surface area contributed by atoms with Crippen LogP contribution in [0.3, 0.4) is 0 Å². The summed E-state index contributed by atoms with van der Waals surface area (Å²) < 4.78 is 0. The molecule has 1 spiro atoms. The smallest absolute Gasteiger partial charge is 0.356 e. The molecule has 1 aliphatic carbocycles. The molecule has 0 amide bonds. The Hall–Kier alpha value is -1.65. The maximum atomic E-state index is 10.7. The Morgan fingerprint density at radius 1 is 1.29 bits per heavy atom. The van der Waals surface area contributed by atoms with Crippen LogP contribution in [-0.4, -0.2) is 34.1 Å². The molecule has 3 rings (SSSR count). The second kappa shape index (κ2) is 3.68. The maximum Gasteiger partial charge on any atom is 0.356 e. The lowest BCUT2D eigenvalue weighted by Crippen LogP contribution is -2.33. The molecule has 0 unspecified atom stereocenters. The molecule has 1 aliphatic heterocycles. The summed E-state index contributed by atoms with van der Waals surface area (Å²) in [5, 5.41) is 8.76. The van der Waals surface area contributed by atoms with Gasteiger partial charge in [-0.05, 0) is 24.7 Å². The fraction of sp³-hybridized carbons (Fsp3) is 0.583. The van der Waals surface area contributed by atoms with E-state index in [-0.39, 0.29) is 5.69 Å². The standard InChI is InChI=1S/C12H15N3O2/c16-11(17)9-6-14-10(7-13-9)15-5-4-12(8-15)2-1-3-12/h6-7H,1-5,8H2,(H,16,17). The van der Waals surface area contributed by atoms with Gasteiger partial charge in [0.2, 0.25) is 0 Å². The summed E-state index contributed by atoms with van der Waals surface area (Å²) in [6.45, 7) is 2.06. The molecule has 1 saturated heterocycles. The molecule has 2 fully saturated rings. The Kier molecular flexibility index (Phi) is 2.28. The highest BCUT2D eigenvalue weighted by Gasteiger charge is 2.43. The van der Waals surface area contributed by atoms with Crippen molar-refractivity contribution in [3.8, 4) is 0 Å². The summed E-state index contributed by atoms with van der Waals surface area (Å²) in [4.78, 5) is 21.0. The Morgan fingerprint density at radius 3 is 2.59 bits per heavy atom. The molecule has 0 aromatic carbocycles. The second-order valence-electron chi connectivity index (χ2n) is 5.09. The average molecular weight is 233 g/mol. The summed E-state index contributed by atoms with van der Waals surface area (Å²) in [7, 11) is 0. The molecule has 5 nitrogen and oxygen atoms in total. The topological polar surface area (TPSA) is 66.3 Å². The number of hydrogen-bond donors (Lipinski definition) is 1. The first-order valence-electron chi connectivity index (χ1n) is 5.99. The van der Waals surface area contributed by atoms with Gasteiger partial charge >= 0.3 is 5.97 Å². The van der Waals surface area contributed by atoms with Crippen LogP contribution in [0.1, 0.15) is 36.2 Å². The minimum Gasteiger partial charge on any atom is -0.476 e. The minimum atomic E-state index is -1.03. The van der Waals surface area contributed by atoms with Gasteiger partial charge in [-0.15, -0.1) is 0 Å². The highest BCUT2D eigenvalue weighted by molar-refractivity contribution is 5.84. The van der Waals surface area contributed by atoms with E-state index in [4.69, 9.17) is 5.11 Å². The van der Waals surface area contributed by atoms with E-state index in [9.17, 15) is 4.79 Å². The minimum absolute atomic E-state index is 0.00584. The van der Waals surface area contributed by atoms with Gasteiger partial charge in [0.25, 0.3) is 0 Å². The number of carbonyl (C=O) groups is 1. The van der Waals surface area contributed by atoms with Crippen LogP contribution in [0.15, 0.2) is 12.4 Å². The van der Waals surface area contributed by atoms with Crippen molar-refractivity contribution in [2.45, 2.75) is 25.7 Å². The zero-order valence-corrected chi connectivity index (χ0v) is 9.59. The number of carboxylic acids is 1. The largest absolute Gasteiger partial charge is 0.476 e. The molecule has 17 heavy (non-hydrogen) atoms. The molecule has 1 aromatic heterocycles. The van der Waals surface area contributed by atoms with Gasteiger partial charge in [-0.25, -0.2) is 14.8 Å². The van der Waals surface area contributed by atoms with Gasteiger partial charge < -0.3 is 10.0 Å². The van der Waals surface area contributed by atoms with E-state index in [0.717, 1.165) is 18.9 Å². The van der Waals surface area contributed by atoms with Gasteiger partial charge in [0, 0.05) is 13.1 Å². The van der Waals surface area contributed by atoms with Crippen LogP contribution in [0.4, 0.5) is 5.82 Å². The van der Waals surface area contributed by atoms with Crippen LogP contribution >= 0.6 is 0 Å². The maximum absolute atomic E-state index is 10.7. The number of hydrogen-bond acceptors (Lipinski definition) is 4. The average Bonchev–Trinajstić information content (AvgIpc) is 2.74. The SMILES string of the molecule is O=C(O)c1cnc(N2CCC3(CCC3)C2)cn1. The lowest BCUT2D eigenvalue weighted by molar-refractivity contribution is 0.0690. The van der Waals surface area contributed by atoms with E-state index in [2.05, 4.69) is 14.9 Å². The predicted octanol–water partition coefficient (Wildman–Crippen LogP) is 1.56. The number of rotatable bonds is 2. The normalized spacial score (nSPS) is 21.5. The van der Waals surface area contributed by atoms with Crippen molar-refractivity contribution < 1.29 is 9.90 Å². The van der Waals surface area contributed by atoms with Crippen LogP contribution in [-0.2, 0) is 0 Å². The molecule has 0 radical (unpaired) electrons. The van der Waals surface area contributed by atoms with Crippen LogP contribution < -0.4 is 4.90 Å². The van der Waals surface area contributed by atoms with Crippen molar-refractivity contribution in [1.29, 1.82) is 0 Å². The Labute approximate surface area is 99.5 Å². The first kappa shape index (κ1) is 10.5. The molecule has 5 heteroatoms. The van der Waals surface area contributed by atoms with Crippen molar-refractivity contribution in [1.82, 2.24) is 9.97 Å². The fourth-order valence-electron chi connectivity index (χ4n) is 2.81. The monoisotopic (exact) mass is 233 g/mol. The zero-order valence-electron chi connectivity index (χ0n) is 9.59. The molecule has 90 valence electrons. The molecule has 2 heterocycles. The van der Waals surface area contributed by atoms with Crippen LogP contribution in [0.5, 0.6) is 0 Å². The highest BCUT2D eigenvalue weighted by Crippen LogP contribution is 2.48. The molecule has 1 N–H and O–H groups in total. The zero-order chi connectivity index (χ0) is 11.9. The highest BCUT2D eigenvalue weighted by atomic mass is 16.4. The summed E-state index contributed by atoms with van der Waals surface area (Å²) in [6, 6.07) is 0. The summed E-state index contributed by atoms with van der Waals surface area (Å²) in [6.07, 6.45) is 8.13. The number of nitrogens with zero attached hydrogens (tertiary/aromatic N) is 3. The Morgan fingerprint density at radius 2 is 2.12 bits per heavy atom. The fourth-order valence-corrected chi connectivity index (χ4v) is 2.81. The van der Waals surface area contributed by atoms with E-state index in [1.54, 1.807) is 6.20 Å². The van der Waals surface area contributed by atoms with Gasteiger partial charge in [-0.1, -0.05) is 6.42 Å². The van der Waals surface area contributed by atoms with E-state index in [0.29, 0.717) is 5.41 Å². The molecular weight excluding hydrogens is 218 g/mol. The molecular formula is C12H15N3O2. The number of aromatic carboxylic acids is 1. The third-order valence-corrected chi connectivity index (χ3v) is 4.03. The number of anilines is 1. The van der Waals surface area contributed by atoms with Crippen molar-refractivity contribution in [3.63, 3.8) is 0 Å². The van der Waals surface area contributed by atoms with Crippen LogP contribution in [0.2, 0.25) is 0 Å². The predicted molar refractivity (Wildman–Crippen MR) is 62.1 cm³/mol. The Bertz CT molecular complexity index is 440. The number of aromatic nitrogens is 2. The lowest BCUT2D eigenvalue weighted by atomic mass is 9.68. The molecule has 2 aliphatic rings. The van der Waals surface area contributed by atoms with Gasteiger partial charge in [0.1, 0.15) is 5.82 Å². The lowest BCUT2D eigenvalue weighted by Gasteiger charge is -2.38. The summed E-state index contributed by atoms with van der Waals surface area (Å²) in [5.74, 6) is -0.222. The van der Waals surface area contributed by atoms with Gasteiger partial charge in [0.15, 0.2) is 5.69 Å².